The van der Waals surface area contributed by atoms with Gasteiger partial charge in [-0.25, -0.2) is 4.79 Å². The van der Waals surface area contributed by atoms with Crippen molar-refractivity contribution >= 4 is 22.5 Å². The number of carbonyl (C=O) groups excluding carboxylic acids is 2. The average Bonchev–Trinajstić information content (AvgIpc) is 2.61. The Balaban J connectivity index is 1.95. The molecule has 0 aliphatic carbocycles. The van der Waals surface area contributed by atoms with E-state index in [0.717, 1.165) is 10.8 Å². The van der Waals surface area contributed by atoms with Gasteiger partial charge in [-0.15, -0.1) is 0 Å². The second-order valence-electron chi connectivity index (χ2n) is 5.38. The first-order chi connectivity index (χ1) is 11.6. The van der Waals surface area contributed by atoms with Crippen LogP contribution in [0.5, 0.6) is 11.5 Å². The fourth-order valence-electron chi connectivity index (χ4n) is 2.46. The molecule has 0 amide bonds. The number of benzene rings is 3. The molecular formula is C20H16O4. The minimum atomic E-state index is -0.535. The summed E-state index contributed by atoms with van der Waals surface area (Å²) in [5.41, 5.74) is 0.785. The van der Waals surface area contributed by atoms with Crippen LogP contribution in [-0.4, -0.2) is 18.9 Å². The fourth-order valence-corrected chi connectivity index (χ4v) is 2.46. The van der Waals surface area contributed by atoms with Gasteiger partial charge in [0.05, 0.1) is 12.7 Å². The maximum absolute atomic E-state index is 12.4. The van der Waals surface area contributed by atoms with Crippen LogP contribution in [0.2, 0.25) is 0 Å². The van der Waals surface area contributed by atoms with E-state index in [1.54, 1.807) is 24.3 Å². The van der Waals surface area contributed by atoms with E-state index < -0.39 is 5.97 Å². The SMILES string of the molecule is COc1cc2ccccc2cc1OC(=O)c1cccc(C(C)=O)c1. The Kier molecular flexibility index (Phi) is 4.29. The third-order valence-electron chi connectivity index (χ3n) is 3.74. The highest BCUT2D eigenvalue weighted by atomic mass is 16.6. The van der Waals surface area contributed by atoms with E-state index in [2.05, 4.69) is 0 Å². The summed E-state index contributed by atoms with van der Waals surface area (Å²) in [5.74, 6) is 0.179. The molecule has 0 N–H and O–H groups in total. The third-order valence-corrected chi connectivity index (χ3v) is 3.74. The summed E-state index contributed by atoms with van der Waals surface area (Å²) >= 11 is 0. The Bertz CT molecular complexity index is 928. The lowest BCUT2D eigenvalue weighted by atomic mass is 10.1. The molecule has 0 bridgehead atoms. The van der Waals surface area contributed by atoms with Gasteiger partial charge in [0.15, 0.2) is 17.3 Å². The van der Waals surface area contributed by atoms with Crippen molar-refractivity contribution in [2.24, 2.45) is 0 Å². The molecular weight excluding hydrogens is 304 g/mol. The minimum Gasteiger partial charge on any atom is -0.493 e. The summed E-state index contributed by atoms with van der Waals surface area (Å²) < 4.78 is 10.8. The summed E-state index contributed by atoms with van der Waals surface area (Å²) in [5, 5.41) is 1.94. The van der Waals surface area contributed by atoms with E-state index in [1.165, 1.54) is 20.1 Å². The van der Waals surface area contributed by atoms with Crippen LogP contribution in [0.15, 0.2) is 60.7 Å². The highest BCUT2D eigenvalue weighted by Crippen LogP contribution is 2.32. The summed E-state index contributed by atoms with van der Waals surface area (Å²) in [6, 6.07) is 17.8. The first-order valence-electron chi connectivity index (χ1n) is 7.48. The van der Waals surface area contributed by atoms with E-state index in [1.807, 2.05) is 30.3 Å². The molecule has 120 valence electrons. The quantitative estimate of drug-likeness (QED) is 0.409. The molecule has 0 fully saturated rings. The molecule has 3 aromatic carbocycles. The second kappa shape index (κ2) is 6.54. The van der Waals surface area contributed by atoms with Gasteiger partial charge in [0.1, 0.15) is 0 Å². The molecule has 0 unspecified atom stereocenters. The molecule has 3 rings (SSSR count). The van der Waals surface area contributed by atoms with Crippen LogP contribution in [0.3, 0.4) is 0 Å². The van der Waals surface area contributed by atoms with Gasteiger partial charge in [0.2, 0.25) is 0 Å². The van der Waals surface area contributed by atoms with E-state index >= 15 is 0 Å². The van der Waals surface area contributed by atoms with Crippen molar-refractivity contribution in [3.8, 4) is 11.5 Å². The van der Waals surface area contributed by atoms with Crippen molar-refractivity contribution in [2.75, 3.05) is 7.11 Å². The Morgan fingerprint density at radius 1 is 0.792 bits per heavy atom. The summed E-state index contributed by atoms with van der Waals surface area (Å²) in [6.07, 6.45) is 0. The van der Waals surface area contributed by atoms with Crippen LogP contribution in [0.25, 0.3) is 10.8 Å². The number of carbonyl (C=O) groups is 2. The lowest BCUT2D eigenvalue weighted by Crippen LogP contribution is -2.10. The van der Waals surface area contributed by atoms with Crippen LogP contribution in [0, 0.1) is 0 Å². The van der Waals surface area contributed by atoms with E-state index in [9.17, 15) is 9.59 Å². The lowest BCUT2D eigenvalue weighted by Gasteiger charge is -2.11. The smallest absolute Gasteiger partial charge is 0.343 e. The Hall–Kier alpha value is -3.14. The van der Waals surface area contributed by atoms with Gasteiger partial charge in [-0.1, -0.05) is 36.4 Å². The molecule has 0 spiro atoms. The standard InChI is InChI=1S/C20H16O4/c1-13(21)14-8-5-9-17(10-14)20(22)24-19-12-16-7-4-3-6-15(16)11-18(19)23-2/h3-12H,1-2H3. The zero-order valence-electron chi connectivity index (χ0n) is 13.4. The fraction of sp³-hybridized carbons (Fsp3) is 0.100. The highest BCUT2D eigenvalue weighted by molar-refractivity contribution is 5.98. The molecule has 0 aliphatic rings. The van der Waals surface area contributed by atoms with Crippen molar-refractivity contribution in [3.63, 3.8) is 0 Å². The number of hydrogen-bond acceptors (Lipinski definition) is 4. The maximum atomic E-state index is 12.4. The molecule has 4 nitrogen and oxygen atoms in total. The van der Waals surface area contributed by atoms with E-state index in [-0.39, 0.29) is 5.78 Å². The van der Waals surface area contributed by atoms with Crippen LogP contribution >= 0.6 is 0 Å². The first-order valence-corrected chi connectivity index (χ1v) is 7.48. The summed E-state index contributed by atoms with van der Waals surface area (Å²) in [6.45, 7) is 1.46. The van der Waals surface area contributed by atoms with Gasteiger partial charge in [0, 0.05) is 5.56 Å². The number of methoxy groups -OCH3 is 1. The van der Waals surface area contributed by atoms with Crippen molar-refractivity contribution in [1.82, 2.24) is 0 Å². The maximum Gasteiger partial charge on any atom is 0.343 e. The Morgan fingerprint density at radius 3 is 2.04 bits per heavy atom. The number of rotatable bonds is 4. The largest absolute Gasteiger partial charge is 0.493 e. The highest BCUT2D eigenvalue weighted by Gasteiger charge is 2.14. The molecule has 0 heterocycles. The number of hydrogen-bond donors (Lipinski definition) is 0. The number of ketones is 1. The van der Waals surface area contributed by atoms with Gasteiger partial charge in [-0.05, 0) is 42.0 Å². The average molecular weight is 320 g/mol. The Labute approximate surface area is 139 Å². The number of Topliss-reactive ketones (excluding diaryl/α,β-unsaturated/α-hetero) is 1. The molecule has 0 radical (unpaired) electrons. The van der Waals surface area contributed by atoms with Gasteiger partial charge in [0.25, 0.3) is 0 Å². The van der Waals surface area contributed by atoms with Crippen molar-refractivity contribution in [2.45, 2.75) is 6.92 Å². The van der Waals surface area contributed by atoms with Gasteiger partial charge in [-0.3, -0.25) is 4.79 Å². The van der Waals surface area contributed by atoms with Crippen LogP contribution in [-0.2, 0) is 0 Å². The van der Waals surface area contributed by atoms with Crippen molar-refractivity contribution in [1.29, 1.82) is 0 Å². The molecule has 0 atom stereocenters. The molecule has 3 aromatic rings. The van der Waals surface area contributed by atoms with Crippen LogP contribution in [0.4, 0.5) is 0 Å². The summed E-state index contributed by atoms with van der Waals surface area (Å²) in [7, 11) is 1.53. The zero-order chi connectivity index (χ0) is 17.1. The Morgan fingerprint density at radius 2 is 1.42 bits per heavy atom. The third kappa shape index (κ3) is 3.13. The van der Waals surface area contributed by atoms with E-state index in [0.29, 0.717) is 22.6 Å². The minimum absolute atomic E-state index is 0.104. The summed E-state index contributed by atoms with van der Waals surface area (Å²) in [4.78, 5) is 23.9. The van der Waals surface area contributed by atoms with Crippen LogP contribution in [0.1, 0.15) is 27.6 Å². The normalized spacial score (nSPS) is 10.4. The number of esters is 1. The van der Waals surface area contributed by atoms with Gasteiger partial charge >= 0.3 is 5.97 Å². The first kappa shape index (κ1) is 15.7. The number of fused-ring (bicyclic) bond motifs is 1. The topological polar surface area (TPSA) is 52.6 Å². The lowest BCUT2D eigenvalue weighted by molar-refractivity contribution is 0.0730. The van der Waals surface area contributed by atoms with Crippen molar-refractivity contribution in [3.05, 3.63) is 71.8 Å². The predicted molar refractivity (Wildman–Crippen MR) is 91.9 cm³/mol. The second-order valence-corrected chi connectivity index (χ2v) is 5.38. The molecule has 24 heavy (non-hydrogen) atoms. The van der Waals surface area contributed by atoms with Crippen LogP contribution < -0.4 is 9.47 Å². The van der Waals surface area contributed by atoms with Gasteiger partial charge in [-0.2, -0.15) is 0 Å². The van der Waals surface area contributed by atoms with Crippen molar-refractivity contribution < 1.29 is 19.1 Å². The molecule has 4 heteroatoms. The molecule has 0 saturated carbocycles. The monoisotopic (exact) mass is 320 g/mol. The number of ether oxygens (including phenoxy) is 2. The molecule has 0 aliphatic heterocycles. The van der Waals surface area contributed by atoms with Gasteiger partial charge < -0.3 is 9.47 Å². The molecule has 0 aromatic heterocycles. The predicted octanol–water partition coefficient (Wildman–Crippen LogP) is 4.27. The van der Waals surface area contributed by atoms with E-state index in [4.69, 9.17) is 9.47 Å². The zero-order valence-corrected chi connectivity index (χ0v) is 13.4. The molecule has 0 saturated heterocycles.